The maximum atomic E-state index is 12.1. The summed E-state index contributed by atoms with van der Waals surface area (Å²) < 4.78 is 7.53. The fourth-order valence-corrected chi connectivity index (χ4v) is 4.18. The summed E-state index contributed by atoms with van der Waals surface area (Å²) in [5, 5.41) is 0. The first-order valence-corrected chi connectivity index (χ1v) is 9.10. The van der Waals surface area contributed by atoms with Crippen LogP contribution in [0.4, 0.5) is 0 Å². The SMILES string of the molecule is CC(=O)OC[C@@H]1C=C[C@H](n2cc(-c3ccc[se]3)c(=O)[nH]c2=O)C1. The molecule has 0 bridgehead atoms. The van der Waals surface area contributed by atoms with Gasteiger partial charge in [-0.05, 0) is 0 Å². The van der Waals surface area contributed by atoms with Crippen LogP contribution in [0.1, 0.15) is 19.4 Å². The van der Waals surface area contributed by atoms with Crippen molar-refractivity contribution in [2.75, 3.05) is 6.61 Å². The quantitative estimate of drug-likeness (QED) is 0.487. The molecular formula is C16H16N2O4Se. The Morgan fingerprint density at radius 2 is 2.26 bits per heavy atom. The molecule has 7 heteroatoms. The van der Waals surface area contributed by atoms with Gasteiger partial charge in [0, 0.05) is 0 Å². The second-order valence-corrected chi connectivity index (χ2v) is 7.43. The Kier molecular flexibility index (Phi) is 4.50. The number of aromatic amines is 1. The Morgan fingerprint density at radius 1 is 1.43 bits per heavy atom. The molecule has 1 N–H and O–H groups in total. The molecule has 0 saturated heterocycles. The van der Waals surface area contributed by atoms with Gasteiger partial charge in [0.05, 0.1) is 0 Å². The summed E-state index contributed by atoms with van der Waals surface area (Å²) in [4.78, 5) is 39.5. The van der Waals surface area contributed by atoms with E-state index in [1.54, 1.807) is 10.8 Å². The van der Waals surface area contributed by atoms with E-state index in [4.69, 9.17) is 4.74 Å². The van der Waals surface area contributed by atoms with Crippen molar-refractivity contribution in [2.24, 2.45) is 5.92 Å². The number of nitrogens with one attached hydrogen (secondary N) is 1. The third-order valence-electron chi connectivity index (χ3n) is 3.76. The Morgan fingerprint density at radius 3 is 2.96 bits per heavy atom. The van der Waals surface area contributed by atoms with E-state index in [0.29, 0.717) is 18.6 Å². The van der Waals surface area contributed by atoms with Crippen molar-refractivity contribution in [3.63, 3.8) is 0 Å². The van der Waals surface area contributed by atoms with Crippen LogP contribution >= 0.6 is 0 Å². The summed E-state index contributed by atoms with van der Waals surface area (Å²) in [7, 11) is 0. The number of rotatable bonds is 4. The molecule has 3 rings (SSSR count). The molecule has 0 spiro atoms. The number of ether oxygens (including phenoxy) is 1. The van der Waals surface area contributed by atoms with Crippen LogP contribution < -0.4 is 11.2 Å². The molecule has 0 aromatic carbocycles. The molecule has 2 atom stereocenters. The minimum absolute atomic E-state index is 0.0859. The van der Waals surface area contributed by atoms with Crippen molar-refractivity contribution >= 4 is 20.5 Å². The summed E-state index contributed by atoms with van der Waals surface area (Å²) in [5.74, 6) is -0.226. The van der Waals surface area contributed by atoms with Gasteiger partial charge in [-0.3, -0.25) is 0 Å². The number of H-pyrrole nitrogens is 1. The monoisotopic (exact) mass is 380 g/mol. The van der Waals surface area contributed by atoms with Crippen LogP contribution in [-0.2, 0) is 9.53 Å². The molecule has 0 unspecified atom stereocenters. The molecule has 0 aliphatic heterocycles. The van der Waals surface area contributed by atoms with Gasteiger partial charge in [0.25, 0.3) is 0 Å². The van der Waals surface area contributed by atoms with Gasteiger partial charge < -0.3 is 0 Å². The molecule has 6 nitrogen and oxygen atoms in total. The van der Waals surface area contributed by atoms with E-state index in [0.717, 1.165) is 4.44 Å². The number of esters is 1. The summed E-state index contributed by atoms with van der Waals surface area (Å²) in [5.41, 5.74) is -0.214. The molecule has 2 aromatic rings. The molecule has 1 aliphatic rings. The number of hydrogen-bond donors (Lipinski definition) is 1. The fourth-order valence-electron chi connectivity index (χ4n) is 2.65. The van der Waals surface area contributed by atoms with Crippen LogP contribution in [0.25, 0.3) is 10.0 Å². The number of hydrogen-bond acceptors (Lipinski definition) is 4. The third-order valence-corrected chi connectivity index (χ3v) is 5.66. The van der Waals surface area contributed by atoms with Gasteiger partial charge in [0.15, 0.2) is 0 Å². The number of carbonyl (C=O) groups excluding carboxylic acids is 1. The van der Waals surface area contributed by atoms with Crippen molar-refractivity contribution < 1.29 is 9.53 Å². The van der Waals surface area contributed by atoms with Gasteiger partial charge in [-0.1, -0.05) is 0 Å². The van der Waals surface area contributed by atoms with Crippen LogP contribution in [0.3, 0.4) is 0 Å². The molecule has 1 aliphatic carbocycles. The van der Waals surface area contributed by atoms with Crippen LogP contribution in [0.2, 0.25) is 0 Å². The molecule has 2 heterocycles. The van der Waals surface area contributed by atoms with Crippen molar-refractivity contribution in [3.05, 3.63) is 56.3 Å². The first-order chi connectivity index (χ1) is 11.0. The van der Waals surface area contributed by atoms with Gasteiger partial charge in [-0.25, -0.2) is 0 Å². The topological polar surface area (TPSA) is 81.2 Å². The van der Waals surface area contributed by atoms with Crippen molar-refractivity contribution in [3.8, 4) is 10.0 Å². The van der Waals surface area contributed by atoms with E-state index in [9.17, 15) is 14.4 Å². The van der Waals surface area contributed by atoms with Crippen molar-refractivity contribution in [1.82, 2.24) is 9.55 Å². The molecule has 120 valence electrons. The van der Waals surface area contributed by atoms with Gasteiger partial charge in [-0.2, -0.15) is 0 Å². The molecule has 0 amide bonds. The number of carbonyl (C=O) groups is 1. The average Bonchev–Trinajstić information content (AvgIpc) is 3.16. The number of nitrogens with zero attached hydrogens (tertiary/aromatic N) is 1. The zero-order chi connectivity index (χ0) is 16.4. The van der Waals surface area contributed by atoms with Gasteiger partial charge >= 0.3 is 138 Å². The summed E-state index contributed by atoms with van der Waals surface area (Å²) >= 11 is 0.124. The van der Waals surface area contributed by atoms with Crippen molar-refractivity contribution in [1.29, 1.82) is 0 Å². The predicted octanol–water partition coefficient (Wildman–Crippen LogP) is 0.941. The normalized spacial score (nSPS) is 19.9. The Labute approximate surface area is 138 Å². The maximum absolute atomic E-state index is 12.1. The third kappa shape index (κ3) is 3.46. The summed E-state index contributed by atoms with van der Waals surface area (Å²) in [6.45, 7) is 1.69. The molecule has 0 fully saturated rings. The second kappa shape index (κ2) is 6.56. The second-order valence-electron chi connectivity index (χ2n) is 5.44. The van der Waals surface area contributed by atoms with Gasteiger partial charge in [-0.15, -0.1) is 0 Å². The average molecular weight is 379 g/mol. The Balaban J connectivity index is 1.85. The van der Waals surface area contributed by atoms with Crippen molar-refractivity contribution in [2.45, 2.75) is 19.4 Å². The molecule has 23 heavy (non-hydrogen) atoms. The molecule has 0 saturated carbocycles. The minimum atomic E-state index is -0.416. The molecule has 0 radical (unpaired) electrons. The zero-order valence-corrected chi connectivity index (χ0v) is 14.2. The van der Waals surface area contributed by atoms with Crippen LogP contribution in [0, 0.1) is 5.92 Å². The predicted molar refractivity (Wildman–Crippen MR) is 86.6 cm³/mol. The van der Waals surface area contributed by atoms with E-state index in [2.05, 4.69) is 4.98 Å². The van der Waals surface area contributed by atoms with Gasteiger partial charge in [0.1, 0.15) is 0 Å². The van der Waals surface area contributed by atoms with E-state index in [1.807, 2.05) is 29.2 Å². The van der Waals surface area contributed by atoms with Crippen LogP contribution in [0.5, 0.6) is 0 Å². The number of allylic oxidation sites excluding steroid dienone is 1. The Bertz CT molecular complexity index is 848. The zero-order valence-electron chi connectivity index (χ0n) is 12.5. The first-order valence-electron chi connectivity index (χ1n) is 7.25. The van der Waals surface area contributed by atoms with E-state index in [1.165, 1.54) is 6.92 Å². The fraction of sp³-hybridized carbons (Fsp3) is 0.312. The van der Waals surface area contributed by atoms with Crippen LogP contribution in [-0.4, -0.2) is 36.6 Å². The Hall–Kier alpha value is -2.11. The van der Waals surface area contributed by atoms with Gasteiger partial charge in [0.2, 0.25) is 0 Å². The first kappa shape index (κ1) is 15.8. The number of aromatic nitrogens is 2. The molecular weight excluding hydrogens is 363 g/mol. The standard InChI is InChI=1S/C16H16N2O4Se/c1-10(19)22-9-11-4-5-12(7-11)18-8-13(14-3-2-6-23-14)15(20)17-16(18)21/h2-6,8,11-12H,7,9H2,1H3,(H,17,20,21)/t11-,12+/m1/s1. The molecule has 2 aromatic heterocycles. The van der Waals surface area contributed by atoms with E-state index >= 15 is 0 Å². The summed E-state index contributed by atoms with van der Waals surface area (Å²) in [6.07, 6.45) is 6.18. The van der Waals surface area contributed by atoms with E-state index in [-0.39, 0.29) is 38.0 Å². The summed E-state index contributed by atoms with van der Waals surface area (Å²) in [6, 6.07) is 3.70. The van der Waals surface area contributed by atoms with Crippen LogP contribution in [0.15, 0.2) is 45.0 Å². The van der Waals surface area contributed by atoms with E-state index < -0.39 is 5.69 Å².